The highest BCUT2D eigenvalue weighted by Gasteiger charge is 2.38. The molecule has 0 aromatic rings. The molecule has 1 fully saturated rings. The molecule has 0 bridgehead atoms. The van der Waals surface area contributed by atoms with Crippen LogP contribution >= 0.6 is 0 Å². The number of carbonyl (C=O) groups is 3. The molecule has 1 rings (SSSR count). The summed E-state index contributed by atoms with van der Waals surface area (Å²) >= 11 is 0. The van der Waals surface area contributed by atoms with E-state index in [1.807, 2.05) is 0 Å². The molecule has 16 heavy (non-hydrogen) atoms. The molecular weight excluding hydrogens is 210 g/mol. The number of amides is 1. The maximum absolute atomic E-state index is 11.7. The van der Waals surface area contributed by atoms with E-state index < -0.39 is 17.7 Å². The third-order valence-electron chi connectivity index (χ3n) is 2.24. The molecule has 0 unspecified atom stereocenters. The summed E-state index contributed by atoms with van der Waals surface area (Å²) in [6, 6.07) is -0.651. The van der Waals surface area contributed by atoms with Crippen LogP contribution in [0.2, 0.25) is 0 Å². The molecule has 0 radical (unpaired) electrons. The van der Waals surface area contributed by atoms with E-state index in [1.54, 1.807) is 20.8 Å². The molecule has 5 heteroatoms. The quantitative estimate of drug-likeness (QED) is 0.674. The zero-order valence-electron chi connectivity index (χ0n) is 10.1. The van der Waals surface area contributed by atoms with Crippen LogP contribution in [0.1, 0.15) is 34.1 Å². The predicted octanol–water partition coefficient (Wildman–Crippen LogP) is 1.15. The average Bonchev–Trinajstić information content (AvgIpc) is 2.44. The summed E-state index contributed by atoms with van der Waals surface area (Å²) in [5.74, 6) is -0.289. The Morgan fingerprint density at radius 3 is 2.38 bits per heavy atom. The molecule has 0 aromatic carbocycles. The van der Waals surface area contributed by atoms with Crippen LogP contribution in [-0.4, -0.2) is 40.7 Å². The molecular formula is C11H17NO4. The summed E-state index contributed by atoms with van der Waals surface area (Å²) in [5, 5.41) is 0. The Kier molecular flexibility index (Phi) is 3.35. The topological polar surface area (TPSA) is 63.7 Å². The van der Waals surface area contributed by atoms with Gasteiger partial charge in [-0.25, -0.2) is 4.79 Å². The Hall–Kier alpha value is -1.39. The van der Waals surface area contributed by atoms with Crippen molar-refractivity contribution < 1.29 is 19.1 Å². The summed E-state index contributed by atoms with van der Waals surface area (Å²) in [5.41, 5.74) is -0.621. The van der Waals surface area contributed by atoms with Gasteiger partial charge in [0.1, 0.15) is 11.6 Å². The van der Waals surface area contributed by atoms with E-state index in [1.165, 1.54) is 11.8 Å². The first-order valence-electron chi connectivity index (χ1n) is 5.22. The fourth-order valence-corrected chi connectivity index (χ4v) is 1.57. The number of Topliss-reactive ketones (excluding diaryl/α,β-unsaturated/α-hetero) is 2. The third kappa shape index (κ3) is 3.05. The SMILES string of the molecule is CC(=O)[C@H]1CC(=O)CN1C(=O)OC(C)(C)C. The molecule has 1 aliphatic rings. The maximum Gasteiger partial charge on any atom is 0.411 e. The predicted molar refractivity (Wildman–Crippen MR) is 57.0 cm³/mol. The van der Waals surface area contributed by atoms with Gasteiger partial charge in [0.2, 0.25) is 0 Å². The van der Waals surface area contributed by atoms with Crippen LogP contribution in [0.5, 0.6) is 0 Å². The van der Waals surface area contributed by atoms with Crippen LogP contribution in [-0.2, 0) is 14.3 Å². The first kappa shape index (κ1) is 12.7. The Morgan fingerprint density at radius 2 is 1.94 bits per heavy atom. The third-order valence-corrected chi connectivity index (χ3v) is 2.24. The number of likely N-dealkylation sites (tertiary alicyclic amines) is 1. The van der Waals surface area contributed by atoms with Gasteiger partial charge in [-0.05, 0) is 27.7 Å². The monoisotopic (exact) mass is 227 g/mol. The lowest BCUT2D eigenvalue weighted by Crippen LogP contribution is -2.42. The number of hydrogen-bond acceptors (Lipinski definition) is 4. The van der Waals surface area contributed by atoms with Crippen molar-refractivity contribution in [1.29, 1.82) is 0 Å². The lowest BCUT2D eigenvalue weighted by atomic mass is 10.1. The number of nitrogens with zero attached hydrogens (tertiary/aromatic N) is 1. The number of carbonyl (C=O) groups excluding carboxylic acids is 3. The van der Waals surface area contributed by atoms with Crippen molar-refractivity contribution in [2.24, 2.45) is 0 Å². The van der Waals surface area contributed by atoms with Crippen LogP contribution in [0, 0.1) is 0 Å². The molecule has 0 aromatic heterocycles. The Labute approximate surface area is 94.7 Å². The highest BCUT2D eigenvalue weighted by molar-refractivity contribution is 5.97. The largest absolute Gasteiger partial charge is 0.444 e. The fraction of sp³-hybridized carbons (Fsp3) is 0.727. The minimum Gasteiger partial charge on any atom is -0.444 e. The van der Waals surface area contributed by atoms with Crippen LogP contribution in [0.3, 0.4) is 0 Å². The van der Waals surface area contributed by atoms with Crippen LogP contribution in [0.25, 0.3) is 0 Å². The van der Waals surface area contributed by atoms with Gasteiger partial charge in [-0.15, -0.1) is 0 Å². The number of ketones is 2. The molecule has 0 N–H and O–H groups in total. The lowest BCUT2D eigenvalue weighted by Gasteiger charge is -2.26. The molecule has 1 amide bonds. The molecule has 1 aliphatic heterocycles. The van der Waals surface area contributed by atoms with Crippen molar-refractivity contribution in [3.05, 3.63) is 0 Å². The van der Waals surface area contributed by atoms with Crippen molar-refractivity contribution in [3.8, 4) is 0 Å². The summed E-state index contributed by atoms with van der Waals surface area (Å²) < 4.78 is 5.13. The van der Waals surface area contributed by atoms with E-state index in [2.05, 4.69) is 0 Å². The van der Waals surface area contributed by atoms with Gasteiger partial charge in [0.05, 0.1) is 6.54 Å². The van der Waals surface area contributed by atoms with E-state index in [9.17, 15) is 14.4 Å². The number of hydrogen-bond donors (Lipinski definition) is 0. The van der Waals surface area contributed by atoms with Crippen molar-refractivity contribution in [2.45, 2.75) is 45.8 Å². The highest BCUT2D eigenvalue weighted by Crippen LogP contribution is 2.19. The van der Waals surface area contributed by atoms with Crippen molar-refractivity contribution in [2.75, 3.05) is 6.54 Å². The second-order valence-corrected chi connectivity index (χ2v) is 4.98. The van der Waals surface area contributed by atoms with Crippen LogP contribution in [0.15, 0.2) is 0 Å². The van der Waals surface area contributed by atoms with Gasteiger partial charge in [-0.2, -0.15) is 0 Å². The minimum atomic E-state index is -0.651. The maximum atomic E-state index is 11.7. The fourth-order valence-electron chi connectivity index (χ4n) is 1.57. The summed E-state index contributed by atoms with van der Waals surface area (Å²) in [6.07, 6.45) is -0.493. The summed E-state index contributed by atoms with van der Waals surface area (Å²) in [4.78, 5) is 35.4. The van der Waals surface area contributed by atoms with Gasteiger partial charge < -0.3 is 4.74 Å². The lowest BCUT2D eigenvalue weighted by molar-refractivity contribution is -0.122. The van der Waals surface area contributed by atoms with Crippen molar-refractivity contribution >= 4 is 17.7 Å². The molecule has 1 saturated heterocycles. The molecule has 1 atom stereocenters. The van der Waals surface area contributed by atoms with E-state index in [0.717, 1.165) is 0 Å². The molecule has 0 saturated carbocycles. The zero-order chi connectivity index (χ0) is 12.5. The van der Waals surface area contributed by atoms with Gasteiger partial charge in [0, 0.05) is 6.42 Å². The Balaban J connectivity index is 2.75. The number of ether oxygens (including phenoxy) is 1. The molecule has 90 valence electrons. The van der Waals surface area contributed by atoms with E-state index in [4.69, 9.17) is 4.74 Å². The standard InChI is InChI=1S/C11H17NO4/c1-7(13)9-5-8(14)6-12(9)10(15)16-11(2,3)4/h9H,5-6H2,1-4H3/t9-/m1/s1. The second-order valence-electron chi connectivity index (χ2n) is 4.98. The van der Waals surface area contributed by atoms with Gasteiger partial charge in [-0.1, -0.05) is 0 Å². The van der Waals surface area contributed by atoms with Crippen molar-refractivity contribution in [1.82, 2.24) is 4.90 Å². The minimum absolute atomic E-state index is 0.0286. The molecule has 5 nitrogen and oxygen atoms in total. The van der Waals surface area contributed by atoms with E-state index in [-0.39, 0.29) is 24.5 Å². The summed E-state index contributed by atoms with van der Waals surface area (Å²) in [6.45, 7) is 6.57. The van der Waals surface area contributed by atoms with Gasteiger partial charge in [0.15, 0.2) is 11.6 Å². The van der Waals surface area contributed by atoms with Crippen LogP contribution < -0.4 is 0 Å². The number of rotatable bonds is 1. The van der Waals surface area contributed by atoms with E-state index in [0.29, 0.717) is 0 Å². The van der Waals surface area contributed by atoms with Crippen molar-refractivity contribution in [3.63, 3.8) is 0 Å². The van der Waals surface area contributed by atoms with Crippen LogP contribution in [0.4, 0.5) is 4.79 Å². The van der Waals surface area contributed by atoms with Gasteiger partial charge in [0.25, 0.3) is 0 Å². The van der Waals surface area contributed by atoms with Gasteiger partial charge >= 0.3 is 6.09 Å². The molecule has 1 heterocycles. The second kappa shape index (κ2) is 4.23. The molecule has 0 spiro atoms. The highest BCUT2D eigenvalue weighted by atomic mass is 16.6. The zero-order valence-corrected chi connectivity index (χ0v) is 10.1. The van der Waals surface area contributed by atoms with Gasteiger partial charge in [-0.3, -0.25) is 14.5 Å². The van der Waals surface area contributed by atoms with E-state index >= 15 is 0 Å². The smallest absolute Gasteiger partial charge is 0.411 e. The Bertz CT molecular complexity index is 329. The average molecular weight is 227 g/mol. The summed E-state index contributed by atoms with van der Waals surface area (Å²) in [7, 11) is 0. The first-order chi connectivity index (χ1) is 7.20. The normalized spacial score (nSPS) is 21.1. The first-order valence-corrected chi connectivity index (χ1v) is 5.22. The molecule has 0 aliphatic carbocycles. The Morgan fingerprint density at radius 1 is 1.38 bits per heavy atom.